The normalized spacial score (nSPS) is 15.3. The van der Waals surface area contributed by atoms with Crippen LogP contribution in [-0.4, -0.2) is 40.8 Å². The lowest BCUT2D eigenvalue weighted by Gasteiger charge is -2.27. The second-order valence-corrected chi connectivity index (χ2v) is 6.25. The second kappa shape index (κ2) is 5.71. The average molecular weight is 331 g/mol. The summed E-state index contributed by atoms with van der Waals surface area (Å²) in [5.41, 5.74) is 0.568. The quantitative estimate of drug-likeness (QED) is 0.768. The van der Waals surface area contributed by atoms with Crippen molar-refractivity contribution in [1.82, 2.24) is 19.9 Å². The van der Waals surface area contributed by atoms with Crippen molar-refractivity contribution in [3.05, 3.63) is 46.5 Å². The first-order chi connectivity index (χ1) is 11.2. The fourth-order valence-electron chi connectivity index (χ4n) is 2.56. The molecule has 0 spiro atoms. The lowest BCUT2D eigenvalue weighted by atomic mass is 10.2. The minimum atomic E-state index is -0.300. The smallest absolute Gasteiger partial charge is 0.277 e. The molecule has 8 heteroatoms. The molecule has 1 aliphatic rings. The molecular weight excluding hydrogens is 317 g/mol. The molecule has 0 unspecified atom stereocenters. The summed E-state index contributed by atoms with van der Waals surface area (Å²) in [6, 6.07) is 7.57. The summed E-state index contributed by atoms with van der Waals surface area (Å²) in [6.07, 6.45) is 0. The highest BCUT2D eigenvalue weighted by molar-refractivity contribution is 7.19. The molecule has 0 bridgehead atoms. The number of halogens is 1. The first-order valence-electron chi connectivity index (χ1n) is 7.33. The van der Waals surface area contributed by atoms with Gasteiger partial charge >= 0.3 is 0 Å². The number of hydrogen-bond donors (Lipinski definition) is 1. The Morgan fingerprint density at radius 3 is 2.65 bits per heavy atom. The van der Waals surface area contributed by atoms with Crippen LogP contribution in [0.25, 0.3) is 15.5 Å². The highest BCUT2D eigenvalue weighted by atomic mass is 32.1. The monoisotopic (exact) mass is 331 g/mol. The Morgan fingerprint density at radius 1 is 1.17 bits per heavy atom. The highest BCUT2D eigenvalue weighted by Crippen LogP contribution is 2.25. The van der Waals surface area contributed by atoms with E-state index in [9.17, 15) is 9.18 Å². The van der Waals surface area contributed by atoms with Crippen molar-refractivity contribution in [2.75, 3.05) is 31.1 Å². The Morgan fingerprint density at radius 2 is 1.91 bits per heavy atom. The van der Waals surface area contributed by atoms with Gasteiger partial charge in [-0.05, 0) is 24.3 Å². The third-order valence-electron chi connectivity index (χ3n) is 3.76. The van der Waals surface area contributed by atoms with E-state index >= 15 is 0 Å². The van der Waals surface area contributed by atoms with Crippen molar-refractivity contribution in [3.63, 3.8) is 0 Å². The van der Waals surface area contributed by atoms with Crippen molar-refractivity contribution in [1.29, 1.82) is 0 Å². The predicted octanol–water partition coefficient (Wildman–Crippen LogP) is 1.37. The Labute approximate surface area is 135 Å². The summed E-state index contributed by atoms with van der Waals surface area (Å²) in [5, 5.41) is 8.22. The van der Waals surface area contributed by atoms with Crippen LogP contribution in [-0.2, 0) is 0 Å². The molecule has 0 radical (unpaired) electrons. The van der Waals surface area contributed by atoms with Crippen LogP contribution in [0.15, 0.2) is 35.1 Å². The standard InChI is InChI=1S/C15H14FN5OS/c16-11-3-1-10(2-4-11)14-19-21-13(22)9-12(18-15(21)23-14)20-7-5-17-6-8-20/h1-4,9,17H,5-8H2. The van der Waals surface area contributed by atoms with Crippen LogP contribution in [0.3, 0.4) is 0 Å². The lowest BCUT2D eigenvalue weighted by Crippen LogP contribution is -2.44. The van der Waals surface area contributed by atoms with Crippen LogP contribution in [0, 0.1) is 5.82 Å². The number of hydrogen-bond acceptors (Lipinski definition) is 6. The molecule has 118 valence electrons. The molecule has 0 atom stereocenters. The van der Waals surface area contributed by atoms with Crippen molar-refractivity contribution >= 4 is 22.1 Å². The van der Waals surface area contributed by atoms with E-state index in [4.69, 9.17) is 0 Å². The maximum Gasteiger partial charge on any atom is 0.277 e. The molecule has 1 aromatic carbocycles. The van der Waals surface area contributed by atoms with E-state index in [1.54, 1.807) is 12.1 Å². The lowest BCUT2D eigenvalue weighted by molar-refractivity contribution is 0.584. The fourth-order valence-corrected chi connectivity index (χ4v) is 3.47. The molecule has 3 heterocycles. The Kier molecular flexibility index (Phi) is 3.55. The van der Waals surface area contributed by atoms with Crippen molar-refractivity contribution in [2.24, 2.45) is 0 Å². The highest BCUT2D eigenvalue weighted by Gasteiger charge is 2.16. The summed E-state index contributed by atoms with van der Waals surface area (Å²) >= 11 is 1.32. The number of piperazine rings is 1. The maximum absolute atomic E-state index is 13.0. The minimum absolute atomic E-state index is 0.201. The Balaban J connectivity index is 1.77. The molecule has 1 aliphatic heterocycles. The van der Waals surface area contributed by atoms with Crippen molar-refractivity contribution in [3.8, 4) is 10.6 Å². The summed E-state index contributed by atoms with van der Waals surface area (Å²) in [5.74, 6) is 0.386. The molecule has 2 aromatic heterocycles. The van der Waals surface area contributed by atoms with Gasteiger partial charge in [0.15, 0.2) is 0 Å². The van der Waals surface area contributed by atoms with Crippen LogP contribution in [0.5, 0.6) is 0 Å². The Hall–Kier alpha value is -2.32. The number of anilines is 1. The van der Waals surface area contributed by atoms with E-state index < -0.39 is 0 Å². The van der Waals surface area contributed by atoms with Gasteiger partial charge in [-0.2, -0.15) is 9.61 Å². The molecule has 6 nitrogen and oxygen atoms in total. The van der Waals surface area contributed by atoms with Gasteiger partial charge in [0.1, 0.15) is 16.6 Å². The molecule has 23 heavy (non-hydrogen) atoms. The first kappa shape index (κ1) is 14.3. The first-order valence-corrected chi connectivity index (χ1v) is 8.15. The summed E-state index contributed by atoms with van der Waals surface area (Å²) in [4.78, 5) is 19.5. The van der Waals surface area contributed by atoms with E-state index in [2.05, 4.69) is 20.3 Å². The van der Waals surface area contributed by atoms with Gasteiger partial charge in [-0.1, -0.05) is 11.3 Å². The molecule has 0 saturated carbocycles. The second-order valence-electron chi connectivity index (χ2n) is 5.30. The average Bonchev–Trinajstić information content (AvgIpc) is 3.01. The van der Waals surface area contributed by atoms with E-state index in [1.165, 1.54) is 34.1 Å². The zero-order valence-electron chi connectivity index (χ0n) is 12.2. The molecule has 1 N–H and O–H groups in total. The zero-order valence-corrected chi connectivity index (χ0v) is 13.0. The molecule has 3 aromatic rings. The largest absolute Gasteiger partial charge is 0.354 e. The van der Waals surface area contributed by atoms with Gasteiger partial charge in [0.25, 0.3) is 5.56 Å². The fraction of sp³-hybridized carbons (Fsp3) is 0.267. The molecule has 4 rings (SSSR count). The molecule has 0 amide bonds. The third-order valence-corrected chi connectivity index (χ3v) is 4.72. The molecule has 1 saturated heterocycles. The van der Waals surface area contributed by atoms with E-state index in [-0.39, 0.29) is 11.4 Å². The number of aromatic nitrogens is 3. The Bertz CT molecular complexity index is 898. The van der Waals surface area contributed by atoms with Gasteiger partial charge in [0.05, 0.1) is 0 Å². The van der Waals surface area contributed by atoms with Gasteiger partial charge in [0, 0.05) is 37.8 Å². The van der Waals surface area contributed by atoms with E-state index in [1.807, 2.05) is 0 Å². The summed E-state index contributed by atoms with van der Waals surface area (Å²) < 4.78 is 14.3. The number of rotatable bonds is 2. The minimum Gasteiger partial charge on any atom is -0.354 e. The number of benzene rings is 1. The SMILES string of the molecule is O=c1cc(N2CCNCC2)nc2sc(-c3ccc(F)cc3)nn12. The summed E-state index contributed by atoms with van der Waals surface area (Å²) in [6.45, 7) is 3.41. The van der Waals surface area contributed by atoms with Gasteiger partial charge in [-0.3, -0.25) is 4.79 Å². The number of fused-ring (bicyclic) bond motifs is 1. The van der Waals surface area contributed by atoms with Gasteiger partial charge in [0.2, 0.25) is 4.96 Å². The van der Waals surface area contributed by atoms with Gasteiger partial charge in [-0.25, -0.2) is 9.37 Å². The van der Waals surface area contributed by atoms with Crippen molar-refractivity contribution in [2.45, 2.75) is 0 Å². The number of nitrogens with one attached hydrogen (secondary N) is 1. The van der Waals surface area contributed by atoms with Crippen LogP contribution in [0.4, 0.5) is 10.2 Å². The van der Waals surface area contributed by atoms with Crippen LogP contribution >= 0.6 is 11.3 Å². The third kappa shape index (κ3) is 2.71. The molecular formula is C15H14FN5OS. The molecule has 0 aliphatic carbocycles. The zero-order chi connectivity index (χ0) is 15.8. The summed E-state index contributed by atoms with van der Waals surface area (Å²) in [7, 11) is 0. The number of nitrogens with zero attached hydrogens (tertiary/aromatic N) is 4. The van der Waals surface area contributed by atoms with Crippen LogP contribution in [0.2, 0.25) is 0 Å². The van der Waals surface area contributed by atoms with E-state index in [0.29, 0.717) is 15.8 Å². The topological polar surface area (TPSA) is 62.5 Å². The van der Waals surface area contributed by atoms with Gasteiger partial charge in [-0.15, -0.1) is 0 Å². The van der Waals surface area contributed by atoms with Crippen LogP contribution in [0.1, 0.15) is 0 Å². The molecule has 1 fully saturated rings. The van der Waals surface area contributed by atoms with Gasteiger partial charge < -0.3 is 10.2 Å². The maximum atomic E-state index is 13.0. The van der Waals surface area contributed by atoms with Crippen LogP contribution < -0.4 is 15.8 Å². The predicted molar refractivity (Wildman–Crippen MR) is 87.6 cm³/mol. The van der Waals surface area contributed by atoms with E-state index in [0.717, 1.165) is 31.7 Å². The van der Waals surface area contributed by atoms with Crippen molar-refractivity contribution < 1.29 is 4.39 Å².